The van der Waals surface area contributed by atoms with Gasteiger partial charge in [-0.1, -0.05) is 19.1 Å². The highest BCUT2D eigenvalue weighted by Crippen LogP contribution is 2.43. The van der Waals surface area contributed by atoms with Crippen LogP contribution in [-0.4, -0.2) is 24.9 Å². The average Bonchev–Trinajstić information content (AvgIpc) is 2.45. The molecule has 1 unspecified atom stereocenters. The van der Waals surface area contributed by atoms with Crippen molar-refractivity contribution in [3.05, 3.63) is 29.8 Å². The molecule has 3 rings (SSSR count). The zero-order chi connectivity index (χ0) is 13.8. The van der Waals surface area contributed by atoms with Crippen molar-refractivity contribution in [3.8, 4) is 5.75 Å². The summed E-state index contributed by atoms with van der Waals surface area (Å²) in [7, 11) is 0. The van der Waals surface area contributed by atoms with Gasteiger partial charge < -0.3 is 14.8 Å². The minimum absolute atomic E-state index is 0.161. The molecule has 2 fully saturated rings. The Morgan fingerprint density at radius 3 is 2.75 bits per heavy atom. The van der Waals surface area contributed by atoms with Crippen LogP contribution in [0.1, 0.15) is 44.6 Å². The largest absolute Gasteiger partial charge is 0.490 e. The van der Waals surface area contributed by atoms with Gasteiger partial charge in [0.25, 0.3) is 0 Å². The molecule has 1 saturated heterocycles. The van der Waals surface area contributed by atoms with Gasteiger partial charge in [-0.25, -0.2) is 0 Å². The Morgan fingerprint density at radius 2 is 2.10 bits per heavy atom. The van der Waals surface area contributed by atoms with Gasteiger partial charge >= 0.3 is 0 Å². The number of hydrogen-bond donors (Lipinski definition) is 1. The summed E-state index contributed by atoms with van der Waals surface area (Å²) in [6.07, 6.45) is 6.14. The molecule has 1 aliphatic heterocycles. The van der Waals surface area contributed by atoms with Crippen LogP contribution < -0.4 is 10.1 Å². The lowest BCUT2D eigenvalue weighted by molar-refractivity contribution is -0.153. The Hall–Kier alpha value is -1.06. The van der Waals surface area contributed by atoms with E-state index in [4.69, 9.17) is 9.47 Å². The Balaban J connectivity index is 1.54. The van der Waals surface area contributed by atoms with Crippen molar-refractivity contribution in [2.75, 3.05) is 13.2 Å². The molecule has 1 aromatic rings. The first-order valence-electron chi connectivity index (χ1n) is 7.90. The Kier molecular flexibility index (Phi) is 4.27. The molecule has 0 amide bonds. The molecule has 2 aliphatic rings. The lowest BCUT2D eigenvalue weighted by atomic mass is 9.74. The van der Waals surface area contributed by atoms with Crippen LogP contribution in [0.25, 0.3) is 0 Å². The van der Waals surface area contributed by atoms with E-state index in [0.29, 0.717) is 6.10 Å². The quantitative estimate of drug-likeness (QED) is 0.894. The van der Waals surface area contributed by atoms with Crippen LogP contribution in [0.3, 0.4) is 0 Å². The first kappa shape index (κ1) is 13.9. The summed E-state index contributed by atoms with van der Waals surface area (Å²) >= 11 is 0. The number of rotatable bonds is 5. The van der Waals surface area contributed by atoms with Crippen LogP contribution in [0.2, 0.25) is 0 Å². The van der Waals surface area contributed by atoms with Crippen molar-refractivity contribution in [3.63, 3.8) is 0 Å². The van der Waals surface area contributed by atoms with Gasteiger partial charge in [0.15, 0.2) is 0 Å². The van der Waals surface area contributed by atoms with E-state index in [1.807, 2.05) is 0 Å². The van der Waals surface area contributed by atoms with Crippen LogP contribution >= 0.6 is 0 Å². The predicted octanol–water partition coefficient (Wildman–Crippen LogP) is 3.28. The maximum atomic E-state index is 6.15. The summed E-state index contributed by atoms with van der Waals surface area (Å²) in [4.78, 5) is 0. The molecule has 1 atom stereocenters. The molecule has 0 aromatic heterocycles. The molecule has 0 radical (unpaired) electrons. The summed E-state index contributed by atoms with van der Waals surface area (Å²) in [5, 5.41) is 3.33. The van der Waals surface area contributed by atoms with E-state index in [1.165, 1.54) is 24.8 Å². The van der Waals surface area contributed by atoms with Gasteiger partial charge in [-0.05, 0) is 43.5 Å². The third-order valence-corrected chi connectivity index (χ3v) is 4.52. The molecule has 3 heteroatoms. The van der Waals surface area contributed by atoms with Crippen molar-refractivity contribution in [2.24, 2.45) is 0 Å². The van der Waals surface area contributed by atoms with Gasteiger partial charge in [0.2, 0.25) is 0 Å². The predicted molar refractivity (Wildman–Crippen MR) is 80.0 cm³/mol. The number of ether oxygens (including phenoxy) is 2. The van der Waals surface area contributed by atoms with Gasteiger partial charge in [0.1, 0.15) is 11.9 Å². The molecule has 3 nitrogen and oxygen atoms in total. The van der Waals surface area contributed by atoms with Crippen LogP contribution in [0.4, 0.5) is 0 Å². The summed E-state index contributed by atoms with van der Waals surface area (Å²) < 4.78 is 12.1. The summed E-state index contributed by atoms with van der Waals surface area (Å²) in [5.41, 5.74) is 1.47. The molecule has 0 bridgehead atoms. The summed E-state index contributed by atoms with van der Waals surface area (Å²) in [6.45, 7) is 4.90. The van der Waals surface area contributed by atoms with Crippen molar-refractivity contribution in [1.82, 2.24) is 5.32 Å². The number of benzene rings is 1. The average molecular weight is 275 g/mol. The van der Waals surface area contributed by atoms with E-state index in [-0.39, 0.29) is 5.60 Å². The van der Waals surface area contributed by atoms with E-state index in [1.54, 1.807) is 0 Å². The molecule has 1 aliphatic carbocycles. The van der Waals surface area contributed by atoms with Gasteiger partial charge in [-0.3, -0.25) is 0 Å². The van der Waals surface area contributed by atoms with Gasteiger partial charge in [0.05, 0.1) is 12.2 Å². The minimum Gasteiger partial charge on any atom is -0.490 e. The molecule has 1 aromatic carbocycles. The van der Waals surface area contributed by atoms with Gasteiger partial charge in [0, 0.05) is 19.4 Å². The minimum atomic E-state index is 0.161. The molecular weight excluding hydrogens is 250 g/mol. The van der Waals surface area contributed by atoms with Crippen molar-refractivity contribution in [1.29, 1.82) is 0 Å². The fourth-order valence-corrected chi connectivity index (χ4v) is 3.15. The molecule has 110 valence electrons. The van der Waals surface area contributed by atoms with Crippen LogP contribution in [0.15, 0.2) is 24.3 Å². The molecule has 1 spiro atoms. The smallest absolute Gasteiger partial charge is 0.119 e. The van der Waals surface area contributed by atoms with Crippen LogP contribution in [0.5, 0.6) is 5.75 Å². The summed E-state index contributed by atoms with van der Waals surface area (Å²) in [5.74, 6) is 0.992. The van der Waals surface area contributed by atoms with Crippen LogP contribution in [0, 0.1) is 0 Å². The molecule has 1 heterocycles. The van der Waals surface area contributed by atoms with Crippen molar-refractivity contribution in [2.45, 2.75) is 57.3 Å². The third kappa shape index (κ3) is 3.15. The first-order chi connectivity index (χ1) is 9.80. The second-order valence-electron chi connectivity index (χ2n) is 6.04. The lowest BCUT2D eigenvalue weighted by Crippen LogP contribution is -2.48. The van der Waals surface area contributed by atoms with Gasteiger partial charge in [-0.2, -0.15) is 0 Å². The zero-order valence-electron chi connectivity index (χ0n) is 12.4. The fourth-order valence-electron chi connectivity index (χ4n) is 3.15. The molecule has 1 N–H and O–H groups in total. The molecule has 20 heavy (non-hydrogen) atoms. The Labute approximate surface area is 121 Å². The molecular formula is C17H25NO2. The second-order valence-corrected chi connectivity index (χ2v) is 6.04. The van der Waals surface area contributed by atoms with Gasteiger partial charge in [-0.15, -0.1) is 0 Å². The highest BCUT2D eigenvalue weighted by Gasteiger charge is 2.43. The number of hydrogen-bond acceptors (Lipinski definition) is 3. The highest BCUT2D eigenvalue weighted by molar-refractivity contribution is 5.27. The molecule has 1 saturated carbocycles. The lowest BCUT2D eigenvalue weighted by Gasteiger charge is -2.46. The SMILES string of the molecule is CCNCc1ccc(OC2CCOC3(CCC3)C2)cc1. The van der Waals surface area contributed by atoms with E-state index >= 15 is 0 Å². The normalized spacial score (nSPS) is 24.4. The van der Waals surface area contributed by atoms with E-state index < -0.39 is 0 Å². The van der Waals surface area contributed by atoms with E-state index in [2.05, 4.69) is 36.5 Å². The van der Waals surface area contributed by atoms with Crippen molar-refractivity contribution < 1.29 is 9.47 Å². The highest BCUT2D eigenvalue weighted by atomic mass is 16.5. The zero-order valence-corrected chi connectivity index (χ0v) is 12.4. The fraction of sp³-hybridized carbons (Fsp3) is 0.647. The maximum absolute atomic E-state index is 6.15. The Bertz CT molecular complexity index is 425. The number of nitrogens with one attached hydrogen (secondary N) is 1. The third-order valence-electron chi connectivity index (χ3n) is 4.52. The van der Waals surface area contributed by atoms with E-state index in [9.17, 15) is 0 Å². The monoisotopic (exact) mass is 275 g/mol. The van der Waals surface area contributed by atoms with Crippen molar-refractivity contribution >= 4 is 0 Å². The standard InChI is InChI=1S/C17H25NO2/c1-2-18-13-14-4-6-15(7-5-14)20-16-8-11-19-17(12-16)9-3-10-17/h4-7,16,18H,2-3,8-13H2,1H3. The summed E-state index contributed by atoms with van der Waals surface area (Å²) in [6, 6.07) is 8.48. The second kappa shape index (κ2) is 6.15. The van der Waals surface area contributed by atoms with Crippen LogP contribution in [-0.2, 0) is 11.3 Å². The Morgan fingerprint density at radius 1 is 1.30 bits per heavy atom. The maximum Gasteiger partial charge on any atom is 0.119 e. The van der Waals surface area contributed by atoms with E-state index in [0.717, 1.165) is 38.3 Å². The topological polar surface area (TPSA) is 30.5 Å². The first-order valence-corrected chi connectivity index (χ1v) is 7.90.